The molecule has 1 unspecified atom stereocenters. The average molecular weight is 811 g/mol. The summed E-state index contributed by atoms with van der Waals surface area (Å²) < 4.78 is 36.0. The smallest absolute Gasteiger partial charge is 0.458 e. The molecule has 1 aromatic carbocycles. The van der Waals surface area contributed by atoms with Gasteiger partial charge in [-0.1, -0.05) is 39.8 Å². The molecular formula is C42H58N4O12. The fourth-order valence-corrected chi connectivity index (χ4v) is 8.69. The van der Waals surface area contributed by atoms with Crippen LogP contribution in [0.4, 0.5) is 9.59 Å². The quantitative estimate of drug-likeness (QED) is 0.212. The summed E-state index contributed by atoms with van der Waals surface area (Å²) in [5, 5.41) is 14.3. The van der Waals surface area contributed by atoms with Gasteiger partial charge in [0.25, 0.3) is 0 Å². The molecule has 4 heterocycles. The molecule has 2 N–H and O–H groups in total. The van der Waals surface area contributed by atoms with Gasteiger partial charge in [0, 0.05) is 36.2 Å². The van der Waals surface area contributed by atoms with Gasteiger partial charge in [-0.15, -0.1) is 0 Å². The molecule has 0 spiro atoms. The second-order valence-electron chi connectivity index (χ2n) is 16.5. The Hall–Kier alpha value is -4.51. The zero-order valence-electron chi connectivity index (χ0n) is 35.0. The molecule has 16 heteroatoms. The van der Waals surface area contributed by atoms with E-state index in [1.54, 1.807) is 52.2 Å². The zero-order valence-corrected chi connectivity index (χ0v) is 35.0. The van der Waals surface area contributed by atoms with Gasteiger partial charge in [0.15, 0.2) is 17.7 Å². The van der Waals surface area contributed by atoms with E-state index in [1.807, 2.05) is 44.1 Å². The molecule has 0 radical (unpaired) electrons. The third kappa shape index (κ3) is 9.51. The minimum Gasteiger partial charge on any atom is -0.458 e. The van der Waals surface area contributed by atoms with E-state index < -0.39 is 95.6 Å². The Bertz CT molecular complexity index is 1870. The molecule has 58 heavy (non-hydrogen) atoms. The first-order valence-corrected chi connectivity index (χ1v) is 20.0. The first-order valence-electron chi connectivity index (χ1n) is 20.0. The number of ketones is 2. The Morgan fingerprint density at radius 3 is 2.38 bits per heavy atom. The molecule has 0 saturated carbocycles. The number of aliphatic hydroxyl groups excluding tert-OH is 1. The van der Waals surface area contributed by atoms with E-state index in [1.165, 1.54) is 20.8 Å². The lowest BCUT2D eigenvalue weighted by Crippen LogP contribution is -2.60. The zero-order chi connectivity index (χ0) is 42.7. The number of carbonyl (C=O) groups excluding carboxylic acids is 5. The van der Waals surface area contributed by atoms with Crippen molar-refractivity contribution in [3.05, 3.63) is 42.2 Å². The number of hydrogen-bond acceptors (Lipinski definition) is 15. The van der Waals surface area contributed by atoms with Crippen LogP contribution in [0.1, 0.15) is 80.2 Å². The molecule has 1 amide bonds. The van der Waals surface area contributed by atoms with Crippen molar-refractivity contribution in [1.29, 1.82) is 0 Å². The highest BCUT2D eigenvalue weighted by molar-refractivity contribution is 6.00. The molecule has 2 aromatic rings. The number of fused-ring (bicyclic) bond motifs is 2. The summed E-state index contributed by atoms with van der Waals surface area (Å²) >= 11 is 0. The highest BCUT2D eigenvalue weighted by Gasteiger charge is 2.57. The highest BCUT2D eigenvalue weighted by Crippen LogP contribution is 2.40. The average Bonchev–Trinajstić information content (AvgIpc) is 3.50. The fraction of sp³-hybridized carbons (Fsp3) is 0.643. The molecule has 318 valence electrons. The molecule has 0 aliphatic carbocycles. The summed E-state index contributed by atoms with van der Waals surface area (Å²) in [5.74, 6) is -6.11. The van der Waals surface area contributed by atoms with E-state index in [0.717, 1.165) is 11.1 Å². The second-order valence-corrected chi connectivity index (χ2v) is 16.5. The van der Waals surface area contributed by atoms with Gasteiger partial charge < -0.3 is 43.7 Å². The molecule has 13 atom stereocenters. The first kappa shape index (κ1) is 44.6. The van der Waals surface area contributed by atoms with Crippen LogP contribution in [0.15, 0.2) is 36.7 Å². The van der Waals surface area contributed by atoms with Gasteiger partial charge >= 0.3 is 18.2 Å². The third-order valence-electron chi connectivity index (χ3n) is 11.9. The van der Waals surface area contributed by atoms with Crippen molar-refractivity contribution in [3.63, 3.8) is 0 Å². The van der Waals surface area contributed by atoms with Gasteiger partial charge in [-0.05, 0) is 84.8 Å². The number of amides is 1. The van der Waals surface area contributed by atoms with Crippen LogP contribution in [-0.4, -0.2) is 124 Å². The van der Waals surface area contributed by atoms with Crippen LogP contribution in [0.3, 0.4) is 0 Å². The summed E-state index contributed by atoms with van der Waals surface area (Å²) in [7, 11) is 3.63. The topological polar surface area (TPSA) is 202 Å². The Labute approximate surface area is 339 Å². The summed E-state index contributed by atoms with van der Waals surface area (Å²) in [4.78, 5) is 79.4. The molecule has 3 fully saturated rings. The van der Waals surface area contributed by atoms with E-state index >= 15 is 0 Å². The summed E-state index contributed by atoms with van der Waals surface area (Å²) in [6.07, 6.45) is -0.0877. The predicted molar refractivity (Wildman–Crippen MR) is 210 cm³/mol. The number of carbonyl (C=O) groups is 5. The van der Waals surface area contributed by atoms with Crippen LogP contribution < -0.4 is 5.32 Å². The largest absolute Gasteiger partial charge is 0.509 e. The van der Waals surface area contributed by atoms with Crippen molar-refractivity contribution in [3.8, 4) is 0 Å². The number of aliphatic hydroxyl groups is 1. The normalized spacial score (nSPS) is 36.5. The summed E-state index contributed by atoms with van der Waals surface area (Å²) in [5.41, 5.74) is -1.05. The van der Waals surface area contributed by atoms with Crippen LogP contribution in [0, 0.1) is 23.7 Å². The second kappa shape index (κ2) is 18.2. The van der Waals surface area contributed by atoms with E-state index in [0.29, 0.717) is 11.9 Å². The number of aromatic nitrogens is 2. The number of cyclic esters (lactones) is 1. The monoisotopic (exact) mass is 810 g/mol. The highest BCUT2D eigenvalue weighted by atomic mass is 16.8. The predicted octanol–water partition coefficient (Wildman–Crippen LogP) is 4.64. The molecule has 3 aliphatic rings. The maximum absolute atomic E-state index is 14.4. The Kier molecular flexibility index (Phi) is 14.0. The number of benzene rings is 1. The Morgan fingerprint density at radius 1 is 1.02 bits per heavy atom. The number of nitrogens with one attached hydrogen (secondary N) is 1. The van der Waals surface area contributed by atoms with Crippen molar-refractivity contribution in [2.24, 2.45) is 23.7 Å². The van der Waals surface area contributed by atoms with Gasteiger partial charge in [0.1, 0.15) is 42.2 Å². The van der Waals surface area contributed by atoms with Gasteiger partial charge in [-0.2, -0.15) is 0 Å². The van der Waals surface area contributed by atoms with Crippen LogP contribution in [0.25, 0.3) is 17.1 Å². The molecule has 3 saturated heterocycles. The lowest BCUT2D eigenvalue weighted by molar-refractivity contribution is -0.293. The minimum atomic E-state index is -1.81. The maximum Gasteiger partial charge on any atom is 0.509 e. The number of esters is 1. The van der Waals surface area contributed by atoms with E-state index in [-0.39, 0.29) is 31.3 Å². The van der Waals surface area contributed by atoms with Crippen LogP contribution in [0.2, 0.25) is 0 Å². The molecular weight excluding hydrogens is 752 g/mol. The SMILES string of the molecule is CC[C@H]1OC(=O)[C@H](C)C(=O)[C@H](C)[C@@H](O[C@@H]2O[C@H](C)C[C@H](N(C)C)[C@H]2O)[C@](C)(OC(=O)OC/C=C/c2ccc3nccnc3c2)C[C@@H](C)C(=O)[C@H](C)C2NC(=O)O[C@@]21C. The number of nitrogens with zero attached hydrogens (tertiary/aromatic N) is 3. The lowest BCUT2D eigenvalue weighted by Gasteiger charge is -2.46. The van der Waals surface area contributed by atoms with E-state index in [4.69, 9.17) is 28.4 Å². The van der Waals surface area contributed by atoms with Crippen molar-refractivity contribution in [1.82, 2.24) is 20.2 Å². The molecule has 1 aromatic heterocycles. The molecule has 0 bridgehead atoms. The van der Waals surface area contributed by atoms with Crippen molar-refractivity contribution in [2.45, 2.75) is 129 Å². The number of ether oxygens (including phenoxy) is 6. The van der Waals surface area contributed by atoms with Crippen LogP contribution in [0.5, 0.6) is 0 Å². The van der Waals surface area contributed by atoms with E-state index in [2.05, 4.69) is 15.3 Å². The lowest BCUT2D eigenvalue weighted by atomic mass is 9.73. The Balaban J connectivity index is 1.51. The number of Topliss-reactive ketones (excluding diaryl/α,β-unsaturated/α-hetero) is 2. The van der Waals surface area contributed by atoms with Gasteiger partial charge in [-0.3, -0.25) is 24.4 Å². The first-order chi connectivity index (χ1) is 27.3. The van der Waals surface area contributed by atoms with Gasteiger partial charge in [0.05, 0.1) is 23.2 Å². The molecule has 5 rings (SSSR count). The van der Waals surface area contributed by atoms with Crippen molar-refractivity contribution >= 4 is 46.9 Å². The van der Waals surface area contributed by atoms with Crippen molar-refractivity contribution < 1.29 is 57.5 Å². The molecule has 3 aliphatic heterocycles. The number of alkyl carbamates (subject to hydrolysis) is 1. The number of rotatable bonds is 8. The summed E-state index contributed by atoms with van der Waals surface area (Å²) in [6, 6.07) is 4.19. The van der Waals surface area contributed by atoms with Crippen molar-refractivity contribution in [2.75, 3.05) is 20.7 Å². The number of hydrogen-bond donors (Lipinski definition) is 2. The number of likely N-dealkylation sites (N-methyl/N-ethyl adjacent to an activating group) is 1. The minimum absolute atomic E-state index is 0.189. The Morgan fingerprint density at radius 2 is 1.71 bits per heavy atom. The van der Waals surface area contributed by atoms with Crippen LogP contribution >= 0.6 is 0 Å². The summed E-state index contributed by atoms with van der Waals surface area (Å²) in [6.45, 7) is 12.7. The van der Waals surface area contributed by atoms with E-state index in [9.17, 15) is 29.1 Å². The van der Waals surface area contributed by atoms with Gasteiger partial charge in [0.2, 0.25) is 0 Å². The van der Waals surface area contributed by atoms with Gasteiger partial charge in [-0.25, -0.2) is 9.59 Å². The fourth-order valence-electron chi connectivity index (χ4n) is 8.69. The maximum atomic E-state index is 14.4. The standard InChI is InChI=1S/C42H58N4O12/c1-11-31-42(8)35(45-39(51)57-42)24(4)32(47)22(2)21-41(7,58-40(52)53-18-12-13-27-14-15-28-29(20-27)44-17-16-43-28)36(25(5)33(48)26(6)37(50)55-31)56-38-34(49)30(46(9)10)19-23(3)54-38/h12-17,20,22-26,30-31,34-36,38,49H,11,18-19,21H2,1-10H3,(H,45,51)/b13-12+/t22-,23-,24+,25+,26-,30+,31-,34-,35?,36-,38+,41-,42-/m1/s1. The van der Waals surface area contributed by atoms with Crippen LogP contribution in [-0.2, 0) is 42.8 Å². The molecule has 16 nitrogen and oxygen atoms in total. The third-order valence-corrected chi connectivity index (χ3v) is 11.9.